The molecular weight excluding hydrogens is 342 g/mol. The van der Waals surface area contributed by atoms with Gasteiger partial charge in [-0.15, -0.1) is 0 Å². The van der Waals surface area contributed by atoms with Crippen LogP contribution in [0.1, 0.15) is 24.5 Å². The number of ether oxygens (including phenoxy) is 1. The van der Waals surface area contributed by atoms with E-state index < -0.39 is 9.84 Å². The summed E-state index contributed by atoms with van der Waals surface area (Å²) in [6.07, 6.45) is 1.79. The SMILES string of the molecule is CCCOc1nc(S(C)(=O)=O)nc2oc(-c3cc(C)cc(C)c3)nc12. The molecule has 0 fully saturated rings. The van der Waals surface area contributed by atoms with Crippen molar-refractivity contribution in [3.05, 3.63) is 29.3 Å². The van der Waals surface area contributed by atoms with Crippen molar-refractivity contribution in [3.63, 3.8) is 0 Å². The summed E-state index contributed by atoms with van der Waals surface area (Å²) in [6.45, 7) is 6.30. The Morgan fingerprint density at radius 3 is 2.36 bits per heavy atom. The van der Waals surface area contributed by atoms with E-state index in [2.05, 4.69) is 15.0 Å². The maximum Gasteiger partial charge on any atom is 0.255 e. The number of hydrogen-bond donors (Lipinski definition) is 0. The van der Waals surface area contributed by atoms with Crippen molar-refractivity contribution in [2.24, 2.45) is 0 Å². The van der Waals surface area contributed by atoms with Gasteiger partial charge in [-0.25, -0.2) is 13.4 Å². The molecule has 3 rings (SSSR count). The fourth-order valence-electron chi connectivity index (χ4n) is 2.47. The van der Waals surface area contributed by atoms with Gasteiger partial charge in [-0.3, -0.25) is 0 Å². The highest BCUT2D eigenvalue weighted by Gasteiger charge is 2.21. The van der Waals surface area contributed by atoms with Crippen LogP contribution in [0.25, 0.3) is 22.7 Å². The van der Waals surface area contributed by atoms with Gasteiger partial charge < -0.3 is 9.15 Å². The number of nitrogens with zero attached hydrogens (tertiary/aromatic N) is 3. The summed E-state index contributed by atoms with van der Waals surface area (Å²) in [5.41, 5.74) is 3.34. The van der Waals surface area contributed by atoms with Crippen LogP contribution in [-0.2, 0) is 9.84 Å². The maximum atomic E-state index is 11.8. The van der Waals surface area contributed by atoms with E-state index in [1.807, 2.05) is 39.0 Å². The standard InChI is InChI=1S/C17H19N3O4S/c1-5-6-23-15-13-16(20-17(19-15)25(4,21)22)24-14(18-13)12-8-10(2)7-11(3)9-12/h7-9H,5-6H2,1-4H3. The first-order chi connectivity index (χ1) is 11.8. The average Bonchev–Trinajstić information content (AvgIpc) is 2.95. The van der Waals surface area contributed by atoms with Crippen LogP contribution in [0.3, 0.4) is 0 Å². The van der Waals surface area contributed by atoms with Crippen LogP contribution in [0.5, 0.6) is 5.88 Å². The highest BCUT2D eigenvalue weighted by atomic mass is 32.2. The van der Waals surface area contributed by atoms with Crippen molar-refractivity contribution < 1.29 is 17.6 Å². The second-order valence-electron chi connectivity index (χ2n) is 5.98. The fraction of sp³-hybridized carbons (Fsp3) is 0.353. The second-order valence-corrected chi connectivity index (χ2v) is 7.89. The van der Waals surface area contributed by atoms with Gasteiger partial charge in [-0.2, -0.15) is 9.97 Å². The van der Waals surface area contributed by atoms with Crippen molar-refractivity contribution in [1.82, 2.24) is 15.0 Å². The van der Waals surface area contributed by atoms with Gasteiger partial charge in [0.15, 0.2) is 5.52 Å². The number of benzene rings is 1. The van der Waals surface area contributed by atoms with E-state index in [0.717, 1.165) is 29.4 Å². The lowest BCUT2D eigenvalue weighted by Crippen LogP contribution is -2.07. The van der Waals surface area contributed by atoms with Gasteiger partial charge in [0, 0.05) is 11.8 Å². The van der Waals surface area contributed by atoms with Gasteiger partial charge in [0.05, 0.1) is 6.61 Å². The molecule has 0 bridgehead atoms. The third-order valence-corrected chi connectivity index (χ3v) is 4.30. The minimum Gasteiger partial charge on any atom is -0.476 e. The van der Waals surface area contributed by atoms with E-state index in [0.29, 0.717) is 18.0 Å². The third kappa shape index (κ3) is 3.63. The van der Waals surface area contributed by atoms with Crippen LogP contribution in [0.15, 0.2) is 27.8 Å². The summed E-state index contributed by atoms with van der Waals surface area (Å²) in [5, 5.41) is -0.339. The van der Waals surface area contributed by atoms with Crippen molar-refractivity contribution in [3.8, 4) is 17.3 Å². The highest BCUT2D eigenvalue weighted by Crippen LogP contribution is 2.30. The molecule has 1 aromatic carbocycles. The Morgan fingerprint density at radius 2 is 1.76 bits per heavy atom. The first-order valence-electron chi connectivity index (χ1n) is 7.88. The lowest BCUT2D eigenvalue weighted by molar-refractivity contribution is 0.305. The molecule has 25 heavy (non-hydrogen) atoms. The van der Waals surface area contributed by atoms with Gasteiger partial charge in [-0.05, 0) is 32.4 Å². The molecule has 0 N–H and O–H groups in total. The van der Waals surface area contributed by atoms with Crippen LogP contribution in [0, 0.1) is 13.8 Å². The molecule has 0 spiro atoms. The molecule has 3 aromatic rings. The van der Waals surface area contributed by atoms with E-state index in [4.69, 9.17) is 9.15 Å². The van der Waals surface area contributed by atoms with E-state index in [-0.39, 0.29) is 16.7 Å². The molecule has 0 aliphatic rings. The predicted octanol–water partition coefficient (Wildman–Crippen LogP) is 3.09. The fourth-order valence-corrected chi connectivity index (χ4v) is 2.96. The first-order valence-corrected chi connectivity index (χ1v) is 9.77. The molecule has 8 heteroatoms. The van der Waals surface area contributed by atoms with Crippen LogP contribution < -0.4 is 4.74 Å². The van der Waals surface area contributed by atoms with Crippen LogP contribution in [0.4, 0.5) is 0 Å². The van der Waals surface area contributed by atoms with Crippen LogP contribution >= 0.6 is 0 Å². The largest absolute Gasteiger partial charge is 0.476 e. The highest BCUT2D eigenvalue weighted by molar-refractivity contribution is 7.90. The maximum absolute atomic E-state index is 11.8. The van der Waals surface area contributed by atoms with Crippen molar-refractivity contribution in [1.29, 1.82) is 0 Å². The summed E-state index contributed by atoms with van der Waals surface area (Å²) in [5.74, 6) is 0.467. The molecule has 0 aliphatic heterocycles. The van der Waals surface area contributed by atoms with Crippen LogP contribution in [0.2, 0.25) is 0 Å². The molecule has 0 amide bonds. The van der Waals surface area contributed by atoms with E-state index >= 15 is 0 Å². The summed E-state index contributed by atoms with van der Waals surface area (Å²) < 4.78 is 34.9. The summed E-state index contributed by atoms with van der Waals surface area (Å²) >= 11 is 0. The van der Waals surface area contributed by atoms with Crippen molar-refractivity contribution in [2.75, 3.05) is 12.9 Å². The molecule has 0 saturated carbocycles. The molecule has 132 valence electrons. The molecule has 0 saturated heterocycles. The lowest BCUT2D eigenvalue weighted by atomic mass is 10.1. The number of aromatic nitrogens is 3. The molecular formula is C17H19N3O4S. The topological polar surface area (TPSA) is 95.2 Å². The number of fused-ring (bicyclic) bond motifs is 1. The quantitative estimate of drug-likeness (QED) is 0.644. The molecule has 2 aromatic heterocycles. The number of aryl methyl sites for hydroxylation is 2. The minimum absolute atomic E-state index is 0.0932. The van der Waals surface area contributed by atoms with Gasteiger partial charge in [0.1, 0.15) is 0 Å². The van der Waals surface area contributed by atoms with E-state index in [1.54, 1.807) is 0 Å². The second kappa shape index (κ2) is 6.44. The van der Waals surface area contributed by atoms with Crippen molar-refractivity contribution >= 4 is 21.1 Å². The zero-order chi connectivity index (χ0) is 18.2. The van der Waals surface area contributed by atoms with Gasteiger partial charge in [0.2, 0.25) is 21.6 Å². The van der Waals surface area contributed by atoms with Gasteiger partial charge >= 0.3 is 0 Å². The number of rotatable bonds is 5. The lowest BCUT2D eigenvalue weighted by Gasteiger charge is -2.04. The Bertz CT molecular complexity index is 1020. The molecule has 0 aliphatic carbocycles. The number of oxazole rings is 1. The summed E-state index contributed by atoms with van der Waals surface area (Å²) in [7, 11) is -3.60. The molecule has 2 heterocycles. The Morgan fingerprint density at radius 1 is 1.08 bits per heavy atom. The molecule has 0 atom stereocenters. The zero-order valence-electron chi connectivity index (χ0n) is 14.5. The van der Waals surface area contributed by atoms with Crippen LogP contribution in [-0.4, -0.2) is 36.2 Å². The Kier molecular flexibility index (Phi) is 4.47. The first kappa shape index (κ1) is 17.3. The normalized spacial score (nSPS) is 11.8. The Balaban J connectivity index is 2.21. The smallest absolute Gasteiger partial charge is 0.255 e. The van der Waals surface area contributed by atoms with E-state index in [1.165, 1.54) is 0 Å². The third-order valence-electron chi connectivity index (χ3n) is 3.45. The average molecular weight is 361 g/mol. The molecule has 0 unspecified atom stereocenters. The zero-order valence-corrected chi connectivity index (χ0v) is 15.3. The Hall–Kier alpha value is -2.48. The van der Waals surface area contributed by atoms with E-state index in [9.17, 15) is 8.42 Å². The molecule has 0 radical (unpaired) electrons. The summed E-state index contributed by atoms with van der Waals surface area (Å²) in [6, 6.07) is 5.92. The summed E-state index contributed by atoms with van der Waals surface area (Å²) in [4.78, 5) is 12.4. The number of sulfone groups is 1. The molecule has 7 nitrogen and oxygen atoms in total. The van der Waals surface area contributed by atoms with Gasteiger partial charge in [0.25, 0.3) is 10.9 Å². The van der Waals surface area contributed by atoms with Crippen molar-refractivity contribution in [2.45, 2.75) is 32.3 Å². The monoisotopic (exact) mass is 361 g/mol. The van der Waals surface area contributed by atoms with Gasteiger partial charge in [-0.1, -0.05) is 24.1 Å². The Labute approximate surface area is 146 Å². The predicted molar refractivity (Wildman–Crippen MR) is 93.4 cm³/mol. The number of hydrogen-bond acceptors (Lipinski definition) is 7. The minimum atomic E-state index is -3.60.